The molecule has 0 aromatic rings. The van der Waals surface area contributed by atoms with Crippen LogP contribution in [0.4, 0.5) is 4.79 Å². The molecule has 5 heteroatoms. The number of urea groups is 1. The number of carboxylic acid groups (broad SMARTS) is 1. The molecule has 0 spiro atoms. The van der Waals surface area contributed by atoms with Crippen molar-refractivity contribution in [3.63, 3.8) is 0 Å². The molecule has 2 amide bonds. The van der Waals surface area contributed by atoms with Crippen molar-refractivity contribution in [1.82, 2.24) is 10.6 Å². The van der Waals surface area contributed by atoms with Gasteiger partial charge in [0.15, 0.2) is 0 Å². The van der Waals surface area contributed by atoms with Gasteiger partial charge in [-0.3, -0.25) is 4.79 Å². The van der Waals surface area contributed by atoms with Gasteiger partial charge in [0.1, 0.15) is 0 Å². The highest BCUT2D eigenvalue weighted by Crippen LogP contribution is 2.18. The second kappa shape index (κ2) is 8.77. The van der Waals surface area contributed by atoms with Gasteiger partial charge in [0.05, 0.1) is 0 Å². The van der Waals surface area contributed by atoms with E-state index >= 15 is 0 Å². The third-order valence-corrected chi connectivity index (χ3v) is 3.81. The Hall–Kier alpha value is -1.26. The number of aliphatic carboxylic acids is 1. The summed E-state index contributed by atoms with van der Waals surface area (Å²) in [6, 6.07) is -0.170. The summed E-state index contributed by atoms with van der Waals surface area (Å²) < 4.78 is 0. The van der Waals surface area contributed by atoms with E-state index < -0.39 is 5.97 Å². The summed E-state index contributed by atoms with van der Waals surface area (Å²) in [4.78, 5) is 22.3. The van der Waals surface area contributed by atoms with Crippen molar-refractivity contribution >= 4 is 12.0 Å². The Morgan fingerprint density at radius 2 is 1.68 bits per heavy atom. The van der Waals surface area contributed by atoms with Crippen molar-refractivity contribution in [2.45, 2.75) is 77.8 Å². The number of carboxylic acids is 1. The SMILES string of the molecule is CCC(CC)(CC)NC(=O)NC(C)CCCC(=O)O. The molecule has 0 heterocycles. The summed E-state index contributed by atoms with van der Waals surface area (Å²) in [5.41, 5.74) is -0.134. The van der Waals surface area contributed by atoms with Crippen molar-refractivity contribution < 1.29 is 14.7 Å². The number of hydrogen-bond acceptors (Lipinski definition) is 2. The van der Waals surface area contributed by atoms with Gasteiger partial charge in [-0.05, 0) is 39.0 Å². The van der Waals surface area contributed by atoms with Crippen LogP contribution in [0.15, 0.2) is 0 Å². The average Bonchev–Trinajstić information content (AvgIpc) is 2.35. The molecule has 0 aliphatic rings. The van der Waals surface area contributed by atoms with Gasteiger partial charge in [0.25, 0.3) is 0 Å². The Labute approximate surface area is 116 Å². The fraction of sp³-hybridized carbons (Fsp3) is 0.857. The minimum atomic E-state index is -0.793. The maximum Gasteiger partial charge on any atom is 0.315 e. The lowest BCUT2D eigenvalue weighted by Crippen LogP contribution is -2.52. The van der Waals surface area contributed by atoms with Crippen LogP contribution in [0, 0.1) is 0 Å². The van der Waals surface area contributed by atoms with Crippen LogP contribution < -0.4 is 10.6 Å². The highest BCUT2D eigenvalue weighted by molar-refractivity contribution is 5.75. The van der Waals surface area contributed by atoms with Gasteiger partial charge in [0, 0.05) is 18.0 Å². The van der Waals surface area contributed by atoms with Crippen LogP contribution in [0.3, 0.4) is 0 Å². The standard InChI is InChI=1S/C14H28N2O3/c1-5-14(6-2,7-3)16-13(19)15-11(4)9-8-10-12(17)18/h11H,5-10H2,1-4H3,(H,17,18)(H2,15,16,19). The number of carbonyl (C=O) groups excluding carboxylic acids is 1. The van der Waals surface area contributed by atoms with E-state index in [-0.39, 0.29) is 24.0 Å². The zero-order valence-electron chi connectivity index (χ0n) is 12.6. The van der Waals surface area contributed by atoms with Crippen LogP contribution >= 0.6 is 0 Å². The molecule has 0 rings (SSSR count). The van der Waals surface area contributed by atoms with E-state index in [1.165, 1.54) is 0 Å². The van der Waals surface area contributed by atoms with Gasteiger partial charge in [0.2, 0.25) is 0 Å². The summed E-state index contributed by atoms with van der Waals surface area (Å²) in [5.74, 6) is -0.793. The van der Waals surface area contributed by atoms with E-state index in [2.05, 4.69) is 31.4 Å². The molecular formula is C14H28N2O3. The Morgan fingerprint density at radius 1 is 1.16 bits per heavy atom. The van der Waals surface area contributed by atoms with Gasteiger partial charge in [-0.25, -0.2) is 4.79 Å². The summed E-state index contributed by atoms with van der Waals surface area (Å²) >= 11 is 0. The van der Waals surface area contributed by atoms with Gasteiger partial charge in [-0.2, -0.15) is 0 Å². The second-order valence-electron chi connectivity index (χ2n) is 5.13. The molecule has 112 valence electrons. The van der Waals surface area contributed by atoms with E-state index in [0.717, 1.165) is 19.3 Å². The summed E-state index contributed by atoms with van der Waals surface area (Å²) in [6.07, 6.45) is 4.12. The van der Waals surface area contributed by atoms with Crippen molar-refractivity contribution in [2.24, 2.45) is 0 Å². The third kappa shape index (κ3) is 7.03. The molecule has 0 aromatic carbocycles. The molecule has 0 saturated heterocycles. The lowest BCUT2D eigenvalue weighted by atomic mass is 9.90. The van der Waals surface area contributed by atoms with Crippen LogP contribution in [0.5, 0.6) is 0 Å². The van der Waals surface area contributed by atoms with Crippen LogP contribution in [0.2, 0.25) is 0 Å². The molecule has 0 aliphatic carbocycles. The van der Waals surface area contributed by atoms with E-state index in [4.69, 9.17) is 5.11 Å². The minimum absolute atomic E-state index is 0.0115. The molecule has 0 bridgehead atoms. The number of nitrogens with one attached hydrogen (secondary N) is 2. The lowest BCUT2D eigenvalue weighted by molar-refractivity contribution is -0.137. The smallest absolute Gasteiger partial charge is 0.315 e. The van der Waals surface area contributed by atoms with Crippen molar-refractivity contribution in [3.8, 4) is 0 Å². The summed E-state index contributed by atoms with van der Waals surface area (Å²) in [5, 5.41) is 14.5. The molecule has 5 nitrogen and oxygen atoms in total. The molecule has 19 heavy (non-hydrogen) atoms. The molecule has 0 aliphatic heterocycles. The minimum Gasteiger partial charge on any atom is -0.481 e. The highest BCUT2D eigenvalue weighted by Gasteiger charge is 2.26. The Balaban J connectivity index is 4.11. The molecular weight excluding hydrogens is 244 g/mol. The normalized spacial score (nSPS) is 12.8. The quantitative estimate of drug-likeness (QED) is 0.604. The topological polar surface area (TPSA) is 78.4 Å². The number of hydrogen-bond donors (Lipinski definition) is 3. The molecule has 0 radical (unpaired) electrons. The number of carbonyl (C=O) groups is 2. The van der Waals surface area contributed by atoms with Gasteiger partial charge < -0.3 is 15.7 Å². The zero-order chi connectivity index (χ0) is 14.9. The van der Waals surface area contributed by atoms with Gasteiger partial charge in [-0.1, -0.05) is 20.8 Å². The van der Waals surface area contributed by atoms with E-state index in [9.17, 15) is 9.59 Å². The van der Waals surface area contributed by atoms with E-state index in [1.807, 2.05) is 6.92 Å². The van der Waals surface area contributed by atoms with Crippen molar-refractivity contribution in [1.29, 1.82) is 0 Å². The van der Waals surface area contributed by atoms with Crippen LogP contribution in [0.1, 0.15) is 66.2 Å². The highest BCUT2D eigenvalue weighted by atomic mass is 16.4. The van der Waals surface area contributed by atoms with Crippen LogP contribution in [0.25, 0.3) is 0 Å². The van der Waals surface area contributed by atoms with Gasteiger partial charge >= 0.3 is 12.0 Å². The third-order valence-electron chi connectivity index (χ3n) is 3.81. The monoisotopic (exact) mass is 272 g/mol. The molecule has 0 saturated carbocycles. The number of rotatable bonds is 9. The first-order valence-electron chi connectivity index (χ1n) is 7.19. The zero-order valence-corrected chi connectivity index (χ0v) is 12.6. The average molecular weight is 272 g/mol. The summed E-state index contributed by atoms with van der Waals surface area (Å²) in [6.45, 7) is 8.11. The molecule has 1 atom stereocenters. The maximum atomic E-state index is 11.9. The predicted octanol–water partition coefficient (Wildman–Crippen LogP) is 2.90. The van der Waals surface area contributed by atoms with E-state index in [1.54, 1.807) is 0 Å². The molecule has 3 N–H and O–H groups in total. The Bertz CT molecular complexity index is 280. The van der Waals surface area contributed by atoms with Gasteiger partial charge in [-0.15, -0.1) is 0 Å². The maximum absolute atomic E-state index is 11.9. The van der Waals surface area contributed by atoms with Crippen LogP contribution in [-0.2, 0) is 4.79 Å². The first-order valence-corrected chi connectivity index (χ1v) is 7.19. The fourth-order valence-electron chi connectivity index (χ4n) is 2.15. The molecule has 0 fully saturated rings. The Morgan fingerprint density at radius 3 is 2.11 bits per heavy atom. The second-order valence-corrected chi connectivity index (χ2v) is 5.13. The first-order chi connectivity index (χ1) is 8.89. The van der Waals surface area contributed by atoms with Crippen molar-refractivity contribution in [3.05, 3.63) is 0 Å². The van der Waals surface area contributed by atoms with Crippen molar-refractivity contribution in [2.75, 3.05) is 0 Å². The first kappa shape index (κ1) is 17.7. The Kier molecular flexibility index (Phi) is 8.19. The largest absolute Gasteiger partial charge is 0.481 e. The lowest BCUT2D eigenvalue weighted by Gasteiger charge is -2.32. The predicted molar refractivity (Wildman–Crippen MR) is 76.2 cm³/mol. The van der Waals surface area contributed by atoms with E-state index in [0.29, 0.717) is 12.8 Å². The number of amides is 2. The van der Waals surface area contributed by atoms with Crippen LogP contribution in [-0.4, -0.2) is 28.7 Å². The molecule has 1 unspecified atom stereocenters. The fourth-order valence-corrected chi connectivity index (χ4v) is 2.15. The molecule has 0 aromatic heterocycles. The summed E-state index contributed by atoms with van der Waals surface area (Å²) in [7, 11) is 0.